The molecule has 0 amide bonds. The Kier molecular flexibility index (Phi) is 3.31. The molecule has 0 spiro atoms. The SMILES string of the molecule is Cc1cnc(N2CC[C@@H](c3cnn(C)c3)C2)c(Br)c1. The van der Waals surface area contributed by atoms with Crippen LogP contribution in [0.4, 0.5) is 5.82 Å². The van der Waals surface area contributed by atoms with Crippen LogP contribution in [-0.4, -0.2) is 27.9 Å². The van der Waals surface area contributed by atoms with Crippen LogP contribution in [0, 0.1) is 6.92 Å². The summed E-state index contributed by atoms with van der Waals surface area (Å²) in [6.45, 7) is 4.12. The Balaban J connectivity index is 1.78. The number of nitrogens with zero attached hydrogens (tertiary/aromatic N) is 4. The van der Waals surface area contributed by atoms with E-state index in [1.807, 2.05) is 24.1 Å². The number of rotatable bonds is 2. The predicted octanol–water partition coefficient (Wildman–Crippen LogP) is 2.88. The third kappa shape index (κ3) is 2.52. The lowest BCUT2D eigenvalue weighted by Gasteiger charge is -2.18. The smallest absolute Gasteiger partial charge is 0.142 e. The summed E-state index contributed by atoms with van der Waals surface area (Å²) >= 11 is 3.62. The molecular weight excluding hydrogens is 304 g/mol. The summed E-state index contributed by atoms with van der Waals surface area (Å²) in [7, 11) is 1.97. The van der Waals surface area contributed by atoms with Crippen molar-refractivity contribution in [1.29, 1.82) is 0 Å². The summed E-state index contributed by atoms with van der Waals surface area (Å²) in [5.74, 6) is 1.61. The zero-order chi connectivity index (χ0) is 13.4. The van der Waals surface area contributed by atoms with Crippen LogP contribution in [-0.2, 0) is 7.05 Å². The highest BCUT2D eigenvalue weighted by Gasteiger charge is 2.26. The first-order chi connectivity index (χ1) is 9.13. The zero-order valence-electron chi connectivity index (χ0n) is 11.2. The molecule has 0 aromatic carbocycles. The second kappa shape index (κ2) is 4.96. The molecule has 1 aliphatic heterocycles. The third-order valence-corrected chi connectivity index (χ3v) is 4.23. The molecule has 4 nitrogen and oxygen atoms in total. The van der Waals surface area contributed by atoms with Crippen molar-refractivity contribution in [3.8, 4) is 0 Å². The molecule has 1 atom stereocenters. The van der Waals surface area contributed by atoms with Gasteiger partial charge < -0.3 is 4.90 Å². The summed E-state index contributed by atoms with van der Waals surface area (Å²) in [5.41, 5.74) is 2.51. The van der Waals surface area contributed by atoms with E-state index in [4.69, 9.17) is 0 Å². The zero-order valence-corrected chi connectivity index (χ0v) is 12.8. The first kappa shape index (κ1) is 12.7. The van der Waals surface area contributed by atoms with E-state index in [2.05, 4.69) is 50.1 Å². The van der Waals surface area contributed by atoms with Crippen LogP contribution in [0.2, 0.25) is 0 Å². The van der Waals surface area contributed by atoms with E-state index in [1.54, 1.807) is 0 Å². The maximum Gasteiger partial charge on any atom is 0.142 e. The van der Waals surface area contributed by atoms with Crippen molar-refractivity contribution in [2.75, 3.05) is 18.0 Å². The van der Waals surface area contributed by atoms with Crippen LogP contribution >= 0.6 is 15.9 Å². The van der Waals surface area contributed by atoms with Gasteiger partial charge in [-0.3, -0.25) is 4.68 Å². The summed E-state index contributed by atoms with van der Waals surface area (Å²) in [6, 6.07) is 2.12. The average molecular weight is 321 g/mol. The molecule has 100 valence electrons. The highest BCUT2D eigenvalue weighted by molar-refractivity contribution is 9.10. The van der Waals surface area contributed by atoms with Crippen molar-refractivity contribution < 1.29 is 0 Å². The van der Waals surface area contributed by atoms with Crippen molar-refractivity contribution in [2.24, 2.45) is 7.05 Å². The van der Waals surface area contributed by atoms with E-state index >= 15 is 0 Å². The van der Waals surface area contributed by atoms with Gasteiger partial charge in [0.05, 0.1) is 10.7 Å². The summed E-state index contributed by atoms with van der Waals surface area (Å²) in [5, 5.41) is 4.26. The largest absolute Gasteiger partial charge is 0.355 e. The molecule has 0 saturated carbocycles. The van der Waals surface area contributed by atoms with Crippen LogP contribution < -0.4 is 4.90 Å². The summed E-state index contributed by atoms with van der Waals surface area (Å²) in [4.78, 5) is 6.90. The lowest BCUT2D eigenvalue weighted by atomic mass is 10.0. The molecule has 19 heavy (non-hydrogen) atoms. The fourth-order valence-electron chi connectivity index (χ4n) is 2.63. The summed E-state index contributed by atoms with van der Waals surface area (Å²) < 4.78 is 2.96. The maximum absolute atomic E-state index is 4.55. The van der Waals surface area contributed by atoms with Gasteiger partial charge in [-0.1, -0.05) is 0 Å². The minimum atomic E-state index is 0.559. The van der Waals surface area contributed by atoms with Gasteiger partial charge in [0.1, 0.15) is 5.82 Å². The van der Waals surface area contributed by atoms with E-state index in [-0.39, 0.29) is 0 Å². The average Bonchev–Trinajstić information content (AvgIpc) is 2.97. The fraction of sp³-hybridized carbons (Fsp3) is 0.429. The number of anilines is 1. The van der Waals surface area contributed by atoms with Crippen molar-refractivity contribution in [1.82, 2.24) is 14.8 Å². The fourth-order valence-corrected chi connectivity index (χ4v) is 3.35. The number of aryl methyl sites for hydroxylation is 2. The van der Waals surface area contributed by atoms with Gasteiger partial charge in [-0.25, -0.2) is 4.98 Å². The topological polar surface area (TPSA) is 34.0 Å². The first-order valence-corrected chi connectivity index (χ1v) is 7.28. The standard InChI is InChI=1S/C14H17BrN4/c1-10-5-13(15)14(16-6-10)19-4-3-11(9-19)12-7-17-18(2)8-12/h5-8,11H,3-4,9H2,1-2H3/t11-/m1/s1. The van der Waals surface area contributed by atoms with E-state index in [0.717, 1.165) is 29.8 Å². The number of aromatic nitrogens is 3. The Morgan fingerprint density at radius 1 is 1.37 bits per heavy atom. The van der Waals surface area contributed by atoms with Crippen molar-refractivity contribution >= 4 is 21.7 Å². The van der Waals surface area contributed by atoms with Crippen LogP contribution in [0.25, 0.3) is 0 Å². The Bertz CT molecular complexity index is 593. The summed E-state index contributed by atoms with van der Waals surface area (Å²) in [6.07, 6.45) is 7.18. The van der Waals surface area contributed by atoms with Crippen molar-refractivity contribution in [2.45, 2.75) is 19.3 Å². The molecular formula is C14H17BrN4. The Morgan fingerprint density at radius 2 is 2.21 bits per heavy atom. The van der Waals surface area contributed by atoms with Gasteiger partial charge in [-0.15, -0.1) is 0 Å². The van der Waals surface area contributed by atoms with Crippen LogP contribution in [0.15, 0.2) is 29.1 Å². The highest BCUT2D eigenvalue weighted by Crippen LogP contribution is 2.33. The van der Waals surface area contributed by atoms with E-state index in [0.29, 0.717) is 5.92 Å². The molecule has 5 heteroatoms. The second-order valence-corrected chi connectivity index (χ2v) is 6.05. The lowest BCUT2D eigenvalue weighted by molar-refractivity contribution is 0.754. The molecule has 0 radical (unpaired) electrons. The van der Waals surface area contributed by atoms with Gasteiger partial charge in [0, 0.05) is 38.4 Å². The van der Waals surface area contributed by atoms with Crippen LogP contribution in [0.5, 0.6) is 0 Å². The number of halogens is 1. The van der Waals surface area contributed by atoms with Gasteiger partial charge in [0.25, 0.3) is 0 Å². The van der Waals surface area contributed by atoms with Crippen molar-refractivity contribution in [3.05, 3.63) is 40.3 Å². The quantitative estimate of drug-likeness (QED) is 0.853. The molecule has 1 aliphatic rings. The third-order valence-electron chi connectivity index (χ3n) is 3.64. The number of pyridine rings is 1. The van der Waals surface area contributed by atoms with Crippen molar-refractivity contribution in [3.63, 3.8) is 0 Å². The molecule has 0 N–H and O–H groups in total. The molecule has 1 saturated heterocycles. The monoisotopic (exact) mass is 320 g/mol. The number of hydrogen-bond acceptors (Lipinski definition) is 3. The van der Waals surface area contributed by atoms with Gasteiger partial charge in [0.15, 0.2) is 0 Å². The van der Waals surface area contributed by atoms with Gasteiger partial charge in [0.2, 0.25) is 0 Å². The molecule has 3 rings (SSSR count). The Morgan fingerprint density at radius 3 is 2.89 bits per heavy atom. The molecule has 1 fully saturated rings. The molecule has 0 unspecified atom stereocenters. The highest BCUT2D eigenvalue weighted by atomic mass is 79.9. The minimum absolute atomic E-state index is 0.559. The van der Waals surface area contributed by atoms with Crippen LogP contribution in [0.1, 0.15) is 23.5 Å². The lowest BCUT2D eigenvalue weighted by Crippen LogP contribution is -2.20. The minimum Gasteiger partial charge on any atom is -0.355 e. The van der Waals surface area contributed by atoms with E-state index < -0.39 is 0 Å². The Labute approximate surface area is 121 Å². The van der Waals surface area contributed by atoms with Gasteiger partial charge >= 0.3 is 0 Å². The second-order valence-electron chi connectivity index (χ2n) is 5.20. The van der Waals surface area contributed by atoms with Crippen LogP contribution in [0.3, 0.4) is 0 Å². The number of hydrogen-bond donors (Lipinski definition) is 0. The molecule has 0 bridgehead atoms. The van der Waals surface area contributed by atoms with Gasteiger partial charge in [-0.2, -0.15) is 5.10 Å². The molecule has 2 aromatic rings. The van der Waals surface area contributed by atoms with E-state index in [9.17, 15) is 0 Å². The molecule has 2 aromatic heterocycles. The first-order valence-electron chi connectivity index (χ1n) is 6.49. The molecule has 0 aliphatic carbocycles. The predicted molar refractivity (Wildman–Crippen MR) is 79.5 cm³/mol. The van der Waals surface area contributed by atoms with Gasteiger partial charge in [-0.05, 0) is 46.5 Å². The maximum atomic E-state index is 4.55. The van der Waals surface area contributed by atoms with E-state index in [1.165, 1.54) is 11.1 Å². The normalized spacial score (nSPS) is 19.1. The molecule has 3 heterocycles. The Hall–Kier alpha value is -1.36.